The van der Waals surface area contributed by atoms with E-state index in [-0.39, 0.29) is 11.3 Å². The lowest BCUT2D eigenvalue weighted by atomic mass is 9.95. The van der Waals surface area contributed by atoms with Crippen molar-refractivity contribution in [1.29, 1.82) is 0 Å². The van der Waals surface area contributed by atoms with E-state index in [0.29, 0.717) is 49.0 Å². The lowest BCUT2D eigenvalue weighted by Gasteiger charge is -2.26. The molecule has 0 bridgehead atoms. The highest BCUT2D eigenvalue weighted by molar-refractivity contribution is 6.46. The van der Waals surface area contributed by atoms with Crippen molar-refractivity contribution in [3.8, 4) is 17.2 Å². The van der Waals surface area contributed by atoms with E-state index < -0.39 is 17.7 Å². The summed E-state index contributed by atoms with van der Waals surface area (Å²) in [4.78, 5) is 29.7. The molecule has 1 N–H and O–H groups in total. The molecule has 0 spiro atoms. The van der Waals surface area contributed by atoms with Crippen molar-refractivity contribution < 1.29 is 28.9 Å². The Morgan fingerprint density at radius 3 is 2.45 bits per heavy atom. The number of ether oxygens (including phenoxy) is 3. The van der Waals surface area contributed by atoms with E-state index in [4.69, 9.17) is 14.2 Å². The number of Topliss-reactive ketones (excluding diaryl/α,β-unsaturated/α-hetero) is 1. The predicted octanol–water partition coefficient (Wildman–Crippen LogP) is 2.84. The molecule has 1 fully saturated rings. The molecule has 0 saturated carbocycles. The molecular weight excluding hydrogens is 424 g/mol. The fraction of sp³-hybridized carbons (Fsp3) is 0.360. The van der Waals surface area contributed by atoms with Gasteiger partial charge in [0.2, 0.25) is 0 Å². The molecule has 0 aliphatic carbocycles. The number of carbonyl (C=O) groups is 2. The molecule has 33 heavy (non-hydrogen) atoms. The van der Waals surface area contributed by atoms with E-state index in [1.54, 1.807) is 37.4 Å². The largest absolute Gasteiger partial charge is 0.507 e. The highest BCUT2D eigenvalue weighted by Crippen LogP contribution is 2.41. The first-order valence-corrected chi connectivity index (χ1v) is 10.9. The van der Waals surface area contributed by atoms with Crippen molar-refractivity contribution in [2.24, 2.45) is 0 Å². The number of carbonyl (C=O) groups excluding carboxylic acids is 2. The second kappa shape index (κ2) is 9.54. The molecule has 0 radical (unpaired) electrons. The van der Waals surface area contributed by atoms with Crippen LogP contribution < -0.4 is 14.2 Å². The Hall–Kier alpha value is -3.52. The predicted molar refractivity (Wildman–Crippen MR) is 123 cm³/mol. The minimum absolute atomic E-state index is 0.0618. The summed E-state index contributed by atoms with van der Waals surface area (Å²) >= 11 is 0. The molecule has 0 unspecified atom stereocenters. The molecule has 8 heteroatoms. The summed E-state index contributed by atoms with van der Waals surface area (Å²) in [6.07, 6.45) is 0.691. The molecule has 4 rings (SSSR count). The van der Waals surface area contributed by atoms with Crippen LogP contribution in [0.2, 0.25) is 0 Å². The third-order valence-electron chi connectivity index (χ3n) is 5.79. The first kappa shape index (κ1) is 22.7. The number of nitrogens with zero attached hydrogens (tertiary/aromatic N) is 2. The Bertz CT molecular complexity index is 1080. The molecule has 2 aliphatic heterocycles. The fourth-order valence-corrected chi connectivity index (χ4v) is 4.15. The monoisotopic (exact) mass is 452 g/mol. The highest BCUT2D eigenvalue weighted by Gasteiger charge is 2.45. The standard InChI is InChI=1S/C25H28N2O6/c1-26(2)11-4-12-27-22(16-5-8-18(31-3)9-6-16)21(24(29)25(27)30)23(28)17-7-10-19-20(15-17)33-14-13-32-19/h5-10,15,22,28H,4,11-14H2,1-3H3/t22-/m0/s1. The second-order valence-corrected chi connectivity index (χ2v) is 8.28. The van der Waals surface area contributed by atoms with Crippen molar-refractivity contribution in [2.45, 2.75) is 12.5 Å². The van der Waals surface area contributed by atoms with Crippen molar-refractivity contribution in [3.05, 3.63) is 59.2 Å². The van der Waals surface area contributed by atoms with Crippen LogP contribution >= 0.6 is 0 Å². The highest BCUT2D eigenvalue weighted by atomic mass is 16.6. The molecule has 1 atom stereocenters. The molecular formula is C25H28N2O6. The Balaban J connectivity index is 1.77. The number of rotatable bonds is 7. The number of aliphatic hydroxyl groups excluding tert-OH is 1. The quantitative estimate of drug-likeness (QED) is 0.393. The Morgan fingerprint density at radius 1 is 1.09 bits per heavy atom. The maximum absolute atomic E-state index is 13.1. The molecule has 1 saturated heterocycles. The van der Waals surface area contributed by atoms with Gasteiger partial charge in [0.15, 0.2) is 11.5 Å². The van der Waals surface area contributed by atoms with Crippen LogP contribution in [-0.4, -0.2) is 74.1 Å². The minimum Gasteiger partial charge on any atom is -0.507 e. The Kier molecular flexibility index (Phi) is 6.55. The summed E-state index contributed by atoms with van der Waals surface area (Å²) < 4.78 is 16.4. The van der Waals surface area contributed by atoms with Crippen molar-refractivity contribution in [3.63, 3.8) is 0 Å². The van der Waals surface area contributed by atoms with Gasteiger partial charge in [-0.25, -0.2) is 0 Å². The number of aliphatic hydroxyl groups is 1. The van der Waals surface area contributed by atoms with Gasteiger partial charge in [-0.05, 0) is 63.0 Å². The van der Waals surface area contributed by atoms with Crippen LogP contribution in [0.15, 0.2) is 48.0 Å². The summed E-state index contributed by atoms with van der Waals surface area (Å²) in [5.41, 5.74) is 1.18. The zero-order valence-corrected chi connectivity index (χ0v) is 19.0. The molecule has 2 heterocycles. The van der Waals surface area contributed by atoms with E-state index in [0.717, 1.165) is 12.1 Å². The van der Waals surface area contributed by atoms with Crippen LogP contribution in [0.25, 0.3) is 5.76 Å². The van der Waals surface area contributed by atoms with Gasteiger partial charge >= 0.3 is 0 Å². The van der Waals surface area contributed by atoms with E-state index in [2.05, 4.69) is 0 Å². The smallest absolute Gasteiger partial charge is 0.295 e. The number of methoxy groups -OCH3 is 1. The van der Waals surface area contributed by atoms with Gasteiger partial charge in [0, 0.05) is 12.1 Å². The summed E-state index contributed by atoms with van der Waals surface area (Å²) in [6.45, 7) is 2.01. The molecule has 2 aromatic carbocycles. The van der Waals surface area contributed by atoms with Gasteiger partial charge in [-0.2, -0.15) is 0 Å². The molecule has 174 valence electrons. The summed E-state index contributed by atoms with van der Waals surface area (Å²) in [7, 11) is 5.48. The van der Waals surface area contributed by atoms with Crippen LogP contribution in [0.1, 0.15) is 23.6 Å². The topological polar surface area (TPSA) is 88.5 Å². The number of ketones is 1. The number of hydrogen-bond donors (Lipinski definition) is 1. The summed E-state index contributed by atoms with van der Waals surface area (Å²) in [6, 6.07) is 11.5. The van der Waals surface area contributed by atoms with Crippen LogP contribution in [0, 0.1) is 0 Å². The average molecular weight is 453 g/mol. The van der Waals surface area contributed by atoms with Crippen LogP contribution in [0.3, 0.4) is 0 Å². The van der Waals surface area contributed by atoms with E-state index in [1.807, 2.05) is 31.1 Å². The van der Waals surface area contributed by atoms with Gasteiger partial charge in [-0.3, -0.25) is 9.59 Å². The van der Waals surface area contributed by atoms with Gasteiger partial charge in [0.1, 0.15) is 24.7 Å². The van der Waals surface area contributed by atoms with Crippen molar-refractivity contribution >= 4 is 17.4 Å². The normalized spacial score (nSPS) is 19.3. The lowest BCUT2D eigenvalue weighted by Crippen LogP contribution is -2.32. The van der Waals surface area contributed by atoms with Gasteiger partial charge < -0.3 is 29.1 Å². The first-order chi connectivity index (χ1) is 15.9. The maximum atomic E-state index is 13.1. The zero-order valence-electron chi connectivity index (χ0n) is 19.0. The fourth-order valence-electron chi connectivity index (χ4n) is 4.15. The van der Waals surface area contributed by atoms with Crippen LogP contribution in [0.4, 0.5) is 0 Å². The van der Waals surface area contributed by atoms with Gasteiger partial charge in [-0.15, -0.1) is 0 Å². The maximum Gasteiger partial charge on any atom is 0.295 e. The number of amides is 1. The van der Waals surface area contributed by atoms with Gasteiger partial charge in [0.05, 0.1) is 18.7 Å². The Morgan fingerprint density at radius 2 is 1.79 bits per heavy atom. The SMILES string of the molecule is COc1ccc([C@H]2C(=C(O)c3ccc4c(c3)OCCO4)C(=O)C(=O)N2CCCN(C)C)cc1. The molecule has 0 aromatic heterocycles. The van der Waals surface area contributed by atoms with Crippen molar-refractivity contribution in [1.82, 2.24) is 9.80 Å². The third kappa shape index (κ3) is 4.52. The average Bonchev–Trinajstić information content (AvgIpc) is 3.08. The molecule has 8 nitrogen and oxygen atoms in total. The third-order valence-corrected chi connectivity index (χ3v) is 5.79. The first-order valence-electron chi connectivity index (χ1n) is 10.9. The molecule has 2 aromatic rings. The lowest BCUT2D eigenvalue weighted by molar-refractivity contribution is -0.139. The minimum atomic E-state index is -0.703. The van der Waals surface area contributed by atoms with Crippen LogP contribution in [0.5, 0.6) is 17.2 Å². The van der Waals surface area contributed by atoms with Crippen molar-refractivity contribution in [2.75, 3.05) is 47.5 Å². The van der Waals surface area contributed by atoms with E-state index >= 15 is 0 Å². The van der Waals surface area contributed by atoms with Gasteiger partial charge in [0.25, 0.3) is 11.7 Å². The summed E-state index contributed by atoms with van der Waals surface area (Å²) in [5, 5.41) is 11.2. The van der Waals surface area contributed by atoms with Gasteiger partial charge in [-0.1, -0.05) is 12.1 Å². The number of benzene rings is 2. The Labute approximate surface area is 193 Å². The van der Waals surface area contributed by atoms with E-state index in [9.17, 15) is 14.7 Å². The summed E-state index contributed by atoms with van der Waals surface area (Å²) in [5.74, 6) is 0.179. The van der Waals surface area contributed by atoms with Crippen LogP contribution in [-0.2, 0) is 9.59 Å². The molecule has 2 aliphatic rings. The number of hydrogen-bond acceptors (Lipinski definition) is 7. The number of fused-ring (bicyclic) bond motifs is 1. The number of likely N-dealkylation sites (tertiary alicyclic amines) is 1. The van der Waals surface area contributed by atoms with E-state index in [1.165, 1.54) is 4.90 Å². The zero-order chi connectivity index (χ0) is 23.5. The molecule has 1 amide bonds. The second-order valence-electron chi connectivity index (χ2n) is 8.28.